The highest BCUT2D eigenvalue weighted by molar-refractivity contribution is 7.80. The van der Waals surface area contributed by atoms with E-state index in [1.165, 1.54) is 0 Å². The first-order valence-corrected chi connectivity index (χ1v) is 25.9. The molecule has 3 aromatic heterocycles. The van der Waals surface area contributed by atoms with Gasteiger partial charge in [-0.05, 0) is 79.0 Å². The van der Waals surface area contributed by atoms with Crippen molar-refractivity contribution < 1.29 is 38.7 Å². The summed E-state index contributed by atoms with van der Waals surface area (Å²) in [6, 6.07) is 13.9. The van der Waals surface area contributed by atoms with Crippen molar-refractivity contribution in [1.82, 2.24) is 46.9 Å². The van der Waals surface area contributed by atoms with Gasteiger partial charge in [0.25, 0.3) is 0 Å². The molecule has 19 nitrogen and oxygen atoms in total. The van der Waals surface area contributed by atoms with Gasteiger partial charge in [0.1, 0.15) is 36.3 Å². The lowest BCUT2D eigenvalue weighted by atomic mass is 9.98. The Morgan fingerprint density at radius 2 is 0.838 bits per heavy atom. The molecule has 14 N–H and O–H groups in total. The van der Waals surface area contributed by atoms with Crippen LogP contribution in [0.25, 0.3) is 32.7 Å². The van der Waals surface area contributed by atoms with Crippen LogP contribution in [0.15, 0.2) is 91.4 Å². The highest BCUT2D eigenvalue weighted by Crippen LogP contribution is 2.23. The first-order chi connectivity index (χ1) is 35.5. The van der Waals surface area contributed by atoms with Gasteiger partial charge in [0.05, 0.1) is 6.04 Å². The molecule has 74 heavy (non-hydrogen) atoms. The van der Waals surface area contributed by atoms with Crippen molar-refractivity contribution in [1.29, 1.82) is 0 Å². The van der Waals surface area contributed by atoms with Crippen molar-refractivity contribution in [2.24, 2.45) is 23.3 Å². The smallest absolute Gasteiger partial charge is 0.326 e. The van der Waals surface area contributed by atoms with E-state index in [-0.39, 0.29) is 49.7 Å². The molecule has 0 aliphatic heterocycles. The van der Waals surface area contributed by atoms with Gasteiger partial charge in [-0.1, -0.05) is 88.7 Å². The van der Waals surface area contributed by atoms with Crippen LogP contribution in [-0.2, 0) is 52.8 Å². The summed E-state index contributed by atoms with van der Waals surface area (Å²) in [6.07, 6.45) is 7.01. The average Bonchev–Trinajstić information content (AvgIpc) is 4.11. The number of fused-ring (bicyclic) bond motifs is 3. The van der Waals surface area contributed by atoms with Crippen LogP contribution in [-0.4, -0.2) is 116 Å². The van der Waals surface area contributed by atoms with Crippen LogP contribution in [0.1, 0.15) is 76.5 Å². The summed E-state index contributed by atoms with van der Waals surface area (Å²) in [6.45, 7) is 7.91. The van der Waals surface area contributed by atoms with Crippen molar-refractivity contribution in [3.05, 3.63) is 108 Å². The van der Waals surface area contributed by atoms with Crippen LogP contribution in [0.4, 0.5) is 0 Å². The fourth-order valence-corrected chi connectivity index (χ4v) is 9.32. The molecule has 0 unspecified atom stereocenters. The lowest BCUT2D eigenvalue weighted by Crippen LogP contribution is -2.60. The second-order valence-corrected chi connectivity index (χ2v) is 20.1. The number of unbranched alkanes of at least 4 members (excludes halogenated alkanes) is 1. The molecule has 0 spiro atoms. The van der Waals surface area contributed by atoms with E-state index < -0.39 is 83.7 Å². The van der Waals surface area contributed by atoms with Gasteiger partial charge in [-0.25, -0.2) is 4.79 Å². The number of nitrogens with one attached hydrogen (secondary N) is 9. The van der Waals surface area contributed by atoms with Crippen LogP contribution < -0.4 is 43.4 Å². The molecule has 0 aliphatic carbocycles. The maximum atomic E-state index is 14.7. The largest absolute Gasteiger partial charge is 0.480 e. The number of amides is 6. The lowest BCUT2D eigenvalue weighted by molar-refractivity contribution is -0.142. The first kappa shape index (κ1) is 56.1. The zero-order valence-corrected chi connectivity index (χ0v) is 43.2. The van der Waals surface area contributed by atoms with Crippen molar-refractivity contribution >= 4 is 86.7 Å². The number of carbonyl (C=O) groups excluding carboxylic acids is 6. The molecule has 7 atom stereocenters. The number of para-hydroxylation sites is 3. The van der Waals surface area contributed by atoms with E-state index in [0.717, 1.165) is 32.7 Å². The minimum absolute atomic E-state index is 0.0150. The van der Waals surface area contributed by atoms with E-state index in [1.54, 1.807) is 18.6 Å². The second-order valence-electron chi connectivity index (χ2n) is 19.7. The van der Waals surface area contributed by atoms with Gasteiger partial charge in [-0.3, -0.25) is 28.8 Å². The number of hydrogen-bond donors (Lipinski definition) is 13. The van der Waals surface area contributed by atoms with Gasteiger partial charge in [0.2, 0.25) is 35.4 Å². The summed E-state index contributed by atoms with van der Waals surface area (Å²) in [5, 5.41) is 29.4. The lowest BCUT2D eigenvalue weighted by Gasteiger charge is -2.28. The monoisotopic (exact) mass is 1030 g/mol. The molecule has 0 saturated heterocycles. The number of carbonyl (C=O) groups is 7. The maximum absolute atomic E-state index is 14.7. The van der Waals surface area contributed by atoms with E-state index in [1.807, 2.05) is 100 Å². The standard InChI is InChI=1S/C54H71N11O8S/c1-30(2)21-42(60-52(70)45(24-33-27-58-40-18-9-6-14-36(33)40)63-53(71)47(29-74)65-48(66)38(56)16-11-12-20-55)49(67)62-44(23-32-26-57-39-17-8-5-13-35(32)39)51(69)61-43(22-31(3)4)50(68)64-46(54(72)73)25-34-28-59-41-19-10-7-15-37(34)41/h5-10,13-15,17-19,26-28,30-31,38,42-47,57-59,74H,11-12,16,20-25,29,55-56H2,1-4H3,(H,60,70)(H,61,69)(H,62,67)(H,63,71)(H,64,68)(H,65,66)(H,72,73)/t38-,42-,43-,44-,45-,46-,47-/m0/s1. The third-order valence-corrected chi connectivity index (χ3v) is 13.3. The Bertz CT molecular complexity index is 2890. The molecule has 6 aromatic rings. The van der Waals surface area contributed by atoms with Gasteiger partial charge >= 0.3 is 5.97 Å². The molecule has 6 rings (SSSR count). The Morgan fingerprint density at radius 1 is 0.500 bits per heavy atom. The Kier molecular flexibility index (Phi) is 20.2. The van der Waals surface area contributed by atoms with Crippen molar-refractivity contribution in [3.63, 3.8) is 0 Å². The van der Waals surface area contributed by atoms with Crippen LogP contribution in [0.2, 0.25) is 0 Å². The number of hydrogen-bond acceptors (Lipinski definition) is 10. The van der Waals surface area contributed by atoms with Gasteiger partial charge in [0.15, 0.2) is 0 Å². The second kappa shape index (κ2) is 26.7. The number of aromatic nitrogens is 3. The quantitative estimate of drug-likeness (QED) is 0.0250. The predicted molar refractivity (Wildman–Crippen MR) is 289 cm³/mol. The molecule has 3 heterocycles. The fraction of sp³-hybridized carbons (Fsp3) is 0.426. The minimum atomic E-state index is -1.34. The summed E-state index contributed by atoms with van der Waals surface area (Å²) in [4.78, 5) is 107. The zero-order chi connectivity index (χ0) is 53.5. The predicted octanol–water partition coefficient (Wildman–Crippen LogP) is 3.63. The third kappa shape index (κ3) is 15.2. The average molecular weight is 1030 g/mol. The highest BCUT2D eigenvalue weighted by Gasteiger charge is 2.35. The van der Waals surface area contributed by atoms with Crippen LogP contribution in [0.3, 0.4) is 0 Å². The Labute approximate surface area is 435 Å². The normalized spacial score (nSPS) is 14.4. The van der Waals surface area contributed by atoms with E-state index in [2.05, 4.69) is 59.5 Å². The van der Waals surface area contributed by atoms with Gasteiger partial charge in [-0.15, -0.1) is 0 Å². The number of benzene rings is 3. The SMILES string of the molecule is CC(C)C[C@H](NC(=O)[C@H](Cc1c[nH]c2ccccc12)NC(=O)[C@H](CC(C)C)NC(=O)[C@H](Cc1c[nH]c2ccccc12)NC(=O)[C@H](CS)NC(=O)[C@@H](N)CCCCN)C(=O)N[C@@H](Cc1c[nH]c2ccccc12)C(=O)O. The number of nitrogens with two attached hydrogens (primary N) is 2. The minimum Gasteiger partial charge on any atom is -0.480 e. The molecule has 0 saturated carbocycles. The van der Waals surface area contributed by atoms with Gasteiger partial charge in [0, 0.05) is 76.3 Å². The molecule has 6 amide bonds. The molecule has 0 fully saturated rings. The molecule has 3 aromatic carbocycles. The number of carboxylic acids is 1. The molecule has 0 radical (unpaired) electrons. The molecule has 0 aliphatic rings. The number of aromatic amines is 3. The molecule has 396 valence electrons. The van der Waals surface area contributed by atoms with Crippen LogP contribution in [0, 0.1) is 11.8 Å². The molecule has 0 bridgehead atoms. The first-order valence-electron chi connectivity index (χ1n) is 25.2. The number of thiol groups is 1. The number of aliphatic carboxylic acids is 1. The van der Waals surface area contributed by atoms with Gasteiger partial charge < -0.3 is 63.4 Å². The highest BCUT2D eigenvalue weighted by atomic mass is 32.1. The number of carboxylic acid groups (broad SMARTS) is 1. The van der Waals surface area contributed by atoms with Gasteiger partial charge in [-0.2, -0.15) is 12.6 Å². The Hall–Kier alpha value is -7.16. The summed E-state index contributed by atoms with van der Waals surface area (Å²) < 4.78 is 0. The van der Waals surface area contributed by atoms with E-state index >= 15 is 0 Å². The third-order valence-electron chi connectivity index (χ3n) is 13.0. The van der Waals surface area contributed by atoms with Crippen LogP contribution in [0.5, 0.6) is 0 Å². The Balaban J connectivity index is 1.25. The zero-order valence-electron chi connectivity index (χ0n) is 42.3. The summed E-state index contributed by atoms with van der Waals surface area (Å²) in [5.74, 6) is -5.76. The van der Waals surface area contributed by atoms with Crippen molar-refractivity contribution in [2.75, 3.05) is 12.3 Å². The molecular formula is C54H71N11O8S. The van der Waals surface area contributed by atoms with E-state index in [9.17, 15) is 38.7 Å². The summed E-state index contributed by atoms with van der Waals surface area (Å²) in [7, 11) is 0. The topological polar surface area (TPSA) is 311 Å². The van der Waals surface area contributed by atoms with E-state index in [0.29, 0.717) is 42.5 Å². The number of rotatable bonds is 28. The number of H-pyrrole nitrogens is 3. The Morgan fingerprint density at radius 3 is 1.22 bits per heavy atom. The van der Waals surface area contributed by atoms with Crippen molar-refractivity contribution in [2.45, 2.75) is 121 Å². The maximum Gasteiger partial charge on any atom is 0.326 e. The summed E-state index contributed by atoms with van der Waals surface area (Å²) >= 11 is 4.34. The van der Waals surface area contributed by atoms with Crippen molar-refractivity contribution in [3.8, 4) is 0 Å². The van der Waals surface area contributed by atoms with Crippen LogP contribution >= 0.6 is 12.6 Å². The molecular weight excluding hydrogens is 963 g/mol. The molecule has 20 heteroatoms. The summed E-state index contributed by atoms with van der Waals surface area (Å²) in [5.41, 5.74) is 16.2. The fourth-order valence-electron chi connectivity index (χ4n) is 9.06. The van der Waals surface area contributed by atoms with E-state index in [4.69, 9.17) is 11.5 Å².